The third kappa shape index (κ3) is 3.50. The van der Waals surface area contributed by atoms with Crippen LogP contribution in [0.2, 0.25) is 0 Å². The van der Waals surface area contributed by atoms with Gasteiger partial charge < -0.3 is 20.4 Å². The minimum absolute atomic E-state index is 0.000347. The second-order valence-corrected chi connectivity index (χ2v) is 4.39. The summed E-state index contributed by atoms with van der Waals surface area (Å²) < 4.78 is 5.08. The minimum atomic E-state index is -1.57. The molecule has 0 atom stereocenters. The molecule has 0 radical (unpaired) electrons. The molecule has 2 rings (SSSR count). The normalized spacial score (nSPS) is 11.3. The minimum Gasteiger partial charge on any atom is -0.502 e. The first-order chi connectivity index (χ1) is 9.97. The number of aliphatic carboxylic acids is 1. The van der Waals surface area contributed by atoms with E-state index in [0.717, 1.165) is 5.56 Å². The van der Waals surface area contributed by atoms with E-state index in [1.54, 1.807) is 18.2 Å². The van der Waals surface area contributed by atoms with Gasteiger partial charge in [-0.05, 0) is 23.8 Å². The molecule has 0 aliphatic heterocycles. The zero-order valence-corrected chi connectivity index (χ0v) is 10.9. The number of anilines is 1. The topological polar surface area (TPSA) is 114 Å². The van der Waals surface area contributed by atoms with Gasteiger partial charge in [0.15, 0.2) is 5.76 Å². The molecule has 0 amide bonds. The summed E-state index contributed by atoms with van der Waals surface area (Å²) in [6.45, 7) is 0. The number of furan rings is 1. The summed E-state index contributed by atoms with van der Waals surface area (Å²) in [6.07, 6.45) is 2.39. The van der Waals surface area contributed by atoms with Crippen molar-refractivity contribution in [1.29, 1.82) is 0 Å². The third-order valence-electron chi connectivity index (χ3n) is 2.83. The van der Waals surface area contributed by atoms with Crippen LogP contribution in [0.25, 0.3) is 0 Å². The molecule has 0 bridgehead atoms. The van der Waals surface area contributed by atoms with Gasteiger partial charge in [-0.15, -0.1) is 0 Å². The van der Waals surface area contributed by atoms with Crippen LogP contribution < -0.4 is 5.73 Å². The van der Waals surface area contributed by atoms with Gasteiger partial charge in [0.25, 0.3) is 0 Å². The van der Waals surface area contributed by atoms with Crippen LogP contribution in [0.15, 0.2) is 52.8 Å². The number of ketones is 1. The van der Waals surface area contributed by atoms with Crippen molar-refractivity contribution in [3.8, 4) is 0 Å². The van der Waals surface area contributed by atoms with E-state index in [9.17, 15) is 9.59 Å². The van der Waals surface area contributed by atoms with Crippen molar-refractivity contribution in [3.05, 3.63) is 65.3 Å². The summed E-state index contributed by atoms with van der Waals surface area (Å²) in [5.74, 6) is -3.31. The quantitative estimate of drug-likeness (QED) is 0.336. The van der Waals surface area contributed by atoms with Gasteiger partial charge in [0, 0.05) is 23.7 Å². The summed E-state index contributed by atoms with van der Waals surface area (Å²) in [5, 5.41) is 17.6. The van der Waals surface area contributed by atoms with Crippen LogP contribution >= 0.6 is 0 Å². The number of allylic oxidation sites excluding steroid dienone is 1. The second-order valence-electron chi connectivity index (χ2n) is 4.39. The number of hydrogen-bond donors (Lipinski definition) is 3. The Morgan fingerprint density at radius 2 is 1.81 bits per heavy atom. The summed E-state index contributed by atoms with van der Waals surface area (Å²) >= 11 is 0. The molecule has 2 aromatic rings. The van der Waals surface area contributed by atoms with E-state index in [2.05, 4.69) is 0 Å². The molecule has 0 saturated carbocycles. The van der Waals surface area contributed by atoms with E-state index in [4.69, 9.17) is 20.4 Å². The maximum atomic E-state index is 11.9. The molecule has 6 heteroatoms. The Bertz CT molecular complexity index is 697. The van der Waals surface area contributed by atoms with Crippen molar-refractivity contribution >= 4 is 17.4 Å². The number of nitrogens with two attached hydrogens (primary N) is 1. The molecule has 0 unspecified atom stereocenters. The summed E-state index contributed by atoms with van der Waals surface area (Å²) in [5.41, 5.74) is 7.75. The average molecular weight is 287 g/mol. The van der Waals surface area contributed by atoms with Crippen molar-refractivity contribution in [3.63, 3.8) is 0 Å². The van der Waals surface area contributed by atoms with Crippen LogP contribution in [-0.2, 0) is 11.2 Å². The second kappa shape index (κ2) is 5.96. The molecule has 1 aromatic heterocycles. The summed E-state index contributed by atoms with van der Waals surface area (Å²) in [6, 6.07) is 8.75. The van der Waals surface area contributed by atoms with Gasteiger partial charge in [-0.3, -0.25) is 4.79 Å². The van der Waals surface area contributed by atoms with E-state index in [-0.39, 0.29) is 5.76 Å². The molecule has 0 saturated heterocycles. The summed E-state index contributed by atoms with van der Waals surface area (Å²) in [7, 11) is 0. The van der Waals surface area contributed by atoms with Crippen LogP contribution in [0.4, 0.5) is 5.69 Å². The van der Waals surface area contributed by atoms with Crippen LogP contribution in [0.3, 0.4) is 0 Å². The number of rotatable bonds is 5. The van der Waals surface area contributed by atoms with E-state index in [1.807, 2.05) is 12.1 Å². The molecule has 1 aromatic carbocycles. The monoisotopic (exact) mass is 287 g/mol. The highest BCUT2D eigenvalue weighted by atomic mass is 16.4. The maximum Gasteiger partial charge on any atom is 0.371 e. The fourth-order valence-corrected chi connectivity index (χ4v) is 1.80. The van der Waals surface area contributed by atoms with Crippen molar-refractivity contribution in [2.75, 3.05) is 5.73 Å². The smallest absolute Gasteiger partial charge is 0.371 e. The Kier molecular flexibility index (Phi) is 4.08. The highest BCUT2D eigenvalue weighted by molar-refractivity contribution is 6.06. The number of carboxylic acids is 1. The van der Waals surface area contributed by atoms with Gasteiger partial charge in [-0.25, -0.2) is 4.79 Å². The molecule has 108 valence electrons. The van der Waals surface area contributed by atoms with Crippen molar-refractivity contribution < 1.29 is 24.2 Å². The Hall–Kier alpha value is -3.02. The van der Waals surface area contributed by atoms with Gasteiger partial charge >= 0.3 is 5.97 Å². The van der Waals surface area contributed by atoms with E-state index in [0.29, 0.717) is 23.7 Å². The average Bonchev–Trinajstić information content (AvgIpc) is 2.89. The molecular formula is C15H13NO5. The van der Waals surface area contributed by atoms with Gasteiger partial charge in [-0.2, -0.15) is 0 Å². The zero-order valence-electron chi connectivity index (χ0n) is 10.9. The van der Waals surface area contributed by atoms with Gasteiger partial charge in [-0.1, -0.05) is 12.1 Å². The van der Waals surface area contributed by atoms with Crippen LogP contribution in [0.1, 0.15) is 21.7 Å². The van der Waals surface area contributed by atoms with Gasteiger partial charge in [0.1, 0.15) is 0 Å². The SMILES string of the molecule is Nc1ccc(Cc2ccoc2C(=O)/C=C(\O)C(=O)O)cc1. The molecule has 0 fully saturated rings. The van der Waals surface area contributed by atoms with Crippen molar-refractivity contribution in [1.82, 2.24) is 0 Å². The van der Waals surface area contributed by atoms with Gasteiger partial charge in [0.2, 0.25) is 11.5 Å². The van der Waals surface area contributed by atoms with E-state index < -0.39 is 17.5 Å². The maximum absolute atomic E-state index is 11.9. The first kappa shape index (κ1) is 14.4. The van der Waals surface area contributed by atoms with Crippen molar-refractivity contribution in [2.45, 2.75) is 6.42 Å². The van der Waals surface area contributed by atoms with Crippen LogP contribution in [0.5, 0.6) is 0 Å². The molecule has 0 aliphatic carbocycles. The van der Waals surface area contributed by atoms with Crippen molar-refractivity contribution in [2.24, 2.45) is 0 Å². The van der Waals surface area contributed by atoms with E-state index >= 15 is 0 Å². The number of hydrogen-bond acceptors (Lipinski definition) is 5. The fourth-order valence-electron chi connectivity index (χ4n) is 1.80. The lowest BCUT2D eigenvalue weighted by Crippen LogP contribution is -2.05. The van der Waals surface area contributed by atoms with Crippen LogP contribution in [0, 0.1) is 0 Å². The molecule has 6 nitrogen and oxygen atoms in total. The van der Waals surface area contributed by atoms with E-state index in [1.165, 1.54) is 6.26 Å². The Morgan fingerprint density at radius 1 is 1.14 bits per heavy atom. The number of benzene rings is 1. The predicted molar refractivity (Wildman–Crippen MR) is 75.0 cm³/mol. The zero-order chi connectivity index (χ0) is 15.4. The number of carbonyl (C=O) groups excluding carboxylic acids is 1. The highest BCUT2D eigenvalue weighted by Gasteiger charge is 2.16. The molecule has 0 aliphatic rings. The standard InChI is InChI=1S/C15H13NO5/c16-11-3-1-9(2-4-11)7-10-5-6-21-14(10)12(17)8-13(18)15(19)20/h1-6,8,18H,7,16H2,(H,19,20)/b13-8-. The Labute approximate surface area is 120 Å². The number of nitrogen functional groups attached to an aromatic ring is 1. The van der Waals surface area contributed by atoms with Crippen LogP contribution in [-0.4, -0.2) is 22.0 Å². The lowest BCUT2D eigenvalue weighted by molar-refractivity contribution is -0.135. The fraction of sp³-hybridized carbons (Fsp3) is 0.0667. The Morgan fingerprint density at radius 3 is 2.43 bits per heavy atom. The lowest BCUT2D eigenvalue weighted by Gasteiger charge is -2.02. The molecule has 1 heterocycles. The van der Waals surface area contributed by atoms with Gasteiger partial charge in [0.05, 0.1) is 6.26 Å². The number of carboxylic acid groups (broad SMARTS) is 1. The Balaban J connectivity index is 2.22. The highest BCUT2D eigenvalue weighted by Crippen LogP contribution is 2.18. The number of aliphatic hydroxyl groups is 1. The molecule has 4 N–H and O–H groups in total. The summed E-state index contributed by atoms with van der Waals surface area (Å²) in [4.78, 5) is 22.4. The predicted octanol–water partition coefficient (Wildman–Crippen LogP) is 2.16. The molecule has 0 spiro atoms. The third-order valence-corrected chi connectivity index (χ3v) is 2.83. The largest absolute Gasteiger partial charge is 0.502 e. The first-order valence-corrected chi connectivity index (χ1v) is 6.06. The number of aliphatic hydroxyl groups excluding tert-OH is 1. The lowest BCUT2D eigenvalue weighted by atomic mass is 10.0. The molecule has 21 heavy (non-hydrogen) atoms. The first-order valence-electron chi connectivity index (χ1n) is 6.06. The number of carbonyl (C=O) groups is 2. The molecular weight excluding hydrogens is 274 g/mol.